The molecule has 78 valence electrons. The number of nitriles is 1. The summed E-state index contributed by atoms with van der Waals surface area (Å²) in [7, 11) is -3.34. The average Bonchev–Trinajstić information content (AvgIpc) is 2.18. The van der Waals surface area contributed by atoms with Crippen LogP contribution in [0.2, 0.25) is 0 Å². The van der Waals surface area contributed by atoms with E-state index in [0.29, 0.717) is 19.6 Å². The van der Waals surface area contributed by atoms with Crippen LogP contribution in [0.15, 0.2) is 12.7 Å². The van der Waals surface area contributed by atoms with Crippen LogP contribution in [0.25, 0.3) is 0 Å². The van der Waals surface area contributed by atoms with Crippen LogP contribution in [0, 0.1) is 11.3 Å². The van der Waals surface area contributed by atoms with Gasteiger partial charge in [-0.1, -0.05) is 6.08 Å². The average molecular weight is 215 g/mol. The minimum absolute atomic E-state index is 0.106. The molecule has 1 saturated heterocycles. The first-order valence-corrected chi connectivity index (χ1v) is 5.93. The van der Waals surface area contributed by atoms with Crippen LogP contribution < -0.4 is 5.32 Å². The fourth-order valence-electron chi connectivity index (χ4n) is 1.37. The zero-order valence-electron chi connectivity index (χ0n) is 7.81. The smallest absolute Gasteiger partial charge is 0.218 e. The Kier molecular flexibility index (Phi) is 3.63. The van der Waals surface area contributed by atoms with Gasteiger partial charge in [0, 0.05) is 19.6 Å². The van der Waals surface area contributed by atoms with Gasteiger partial charge in [0.2, 0.25) is 10.0 Å². The summed E-state index contributed by atoms with van der Waals surface area (Å²) < 4.78 is 24.5. The zero-order valence-corrected chi connectivity index (χ0v) is 8.63. The SMILES string of the molecule is C=CCS(=O)(=O)N1CCNCC1C#N. The van der Waals surface area contributed by atoms with Gasteiger partial charge in [0.15, 0.2) is 0 Å². The molecule has 1 unspecified atom stereocenters. The summed E-state index contributed by atoms with van der Waals surface area (Å²) in [5.74, 6) is -0.106. The van der Waals surface area contributed by atoms with E-state index in [0.717, 1.165) is 0 Å². The van der Waals surface area contributed by atoms with Crippen LogP contribution in [-0.4, -0.2) is 44.2 Å². The summed E-state index contributed by atoms with van der Waals surface area (Å²) in [5.41, 5.74) is 0. The first-order chi connectivity index (χ1) is 6.61. The molecule has 1 rings (SSSR count). The first-order valence-electron chi connectivity index (χ1n) is 4.32. The molecule has 0 aromatic heterocycles. The number of sulfonamides is 1. The molecular formula is C8H13N3O2S. The predicted molar refractivity (Wildman–Crippen MR) is 53.0 cm³/mol. The van der Waals surface area contributed by atoms with Gasteiger partial charge >= 0.3 is 0 Å². The standard InChI is InChI=1S/C8H13N3O2S/c1-2-5-14(12,13)11-4-3-10-7-8(11)6-9/h2,8,10H,1,3-5,7H2. The van der Waals surface area contributed by atoms with Crippen LogP contribution in [-0.2, 0) is 10.0 Å². The highest BCUT2D eigenvalue weighted by Crippen LogP contribution is 2.09. The topological polar surface area (TPSA) is 73.2 Å². The van der Waals surface area contributed by atoms with Crippen molar-refractivity contribution in [3.63, 3.8) is 0 Å². The Hall–Kier alpha value is -0.900. The first kappa shape index (κ1) is 11.2. The largest absolute Gasteiger partial charge is 0.313 e. The molecule has 6 heteroatoms. The van der Waals surface area contributed by atoms with E-state index in [4.69, 9.17) is 5.26 Å². The Morgan fingerprint density at radius 1 is 1.71 bits per heavy atom. The number of piperazine rings is 1. The van der Waals surface area contributed by atoms with E-state index < -0.39 is 16.1 Å². The van der Waals surface area contributed by atoms with Crippen LogP contribution in [0.5, 0.6) is 0 Å². The van der Waals surface area contributed by atoms with Crippen LogP contribution in [0.1, 0.15) is 0 Å². The van der Waals surface area contributed by atoms with Gasteiger partial charge in [0.05, 0.1) is 11.8 Å². The zero-order chi connectivity index (χ0) is 10.6. The molecule has 1 aliphatic heterocycles. The van der Waals surface area contributed by atoms with E-state index >= 15 is 0 Å². The van der Waals surface area contributed by atoms with E-state index in [1.165, 1.54) is 10.4 Å². The summed E-state index contributed by atoms with van der Waals surface area (Å²) in [6.07, 6.45) is 1.34. The van der Waals surface area contributed by atoms with Crippen LogP contribution >= 0.6 is 0 Å². The Balaban J connectivity index is 2.84. The van der Waals surface area contributed by atoms with Crippen molar-refractivity contribution < 1.29 is 8.42 Å². The molecule has 0 saturated carbocycles. The fraction of sp³-hybridized carbons (Fsp3) is 0.625. The van der Waals surface area contributed by atoms with Crippen molar-refractivity contribution in [3.8, 4) is 6.07 Å². The second-order valence-electron chi connectivity index (χ2n) is 3.03. The molecule has 1 aliphatic rings. The maximum Gasteiger partial charge on any atom is 0.218 e. The minimum atomic E-state index is -3.34. The quantitative estimate of drug-likeness (QED) is 0.632. The Labute approximate surface area is 84.1 Å². The molecular weight excluding hydrogens is 202 g/mol. The van der Waals surface area contributed by atoms with Crippen molar-refractivity contribution in [1.29, 1.82) is 5.26 Å². The number of nitrogens with zero attached hydrogens (tertiary/aromatic N) is 2. The summed E-state index contributed by atoms with van der Waals surface area (Å²) in [4.78, 5) is 0. The molecule has 1 heterocycles. The second-order valence-corrected chi connectivity index (χ2v) is 4.99. The molecule has 0 aliphatic carbocycles. The highest BCUT2D eigenvalue weighted by Gasteiger charge is 2.30. The van der Waals surface area contributed by atoms with Crippen molar-refractivity contribution in [3.05, 3.63) is 12.7 Å². The molecule has 0 aromatic rings. The lowest BCUT2D eigenvalue weighted by molar-refractivity contribution is 0.313. The number of hydrogen-bond donors (Lipinski definition) is 1. The lowest BCUT2D eigenvalue weighted by atomic mass is 10.3. The van der Waals surface area contributed by atoms with Gasteiger partial charge in [-0.15, -0.1) is 6.58 Å². The van der Waals surface area contributed by atoms with E-state index in [-0.39, 0.29) is 5.75 Å². The third-order valence-corrected chi connectivity index (χ3v) is 3.84. The van der Waals surface area contributed by atoms with Gasteiger partial charge in [0.1, 0.15) is 6.04 Å². The molecule has 14 heavy (non-hydrogen) atoms. The molecule has 0 bridgehead atoms. The van der Waals surface area contributed by atoms with Gasteiger partial charge in [0.25, 0.3) is 0 Å². The maximum absolute atomic E-state index is 11.6. The third kappa shape index (κ3) is 2.32. The normalized spacial score (nSPS) is 24.1. The van der Waals surface area contributed by atoms with Crippen LogP contribution in [0.3, 0.4) is 0 Å². The molecule has 0 aromatic carbocycles. The van der Waals surface area contributed by atoms with E-state index in [1.54, 1.807) is 0 Å². The maximum atomic E-state index is 11.6. The Morgan fingerprint density at radius 2 is 2.43 bits per heavy atom. The van der Waals surface area contributed by atoms with Crippen LogP contribution in [0.4, 0.5) is 0 Å². The highest BCUT2D eigenvalue weighted by atomic mass is 32.2. The van der Waals surface area contributed by atoms with Crippen molar-refractivity contribution in [1.82, 2.24) is 9.62 Å². The fourth-order valence-corrected chi connectivity index (χ4v) is 2.74. The minimum Gasteiger partial charge on any atom is -0.313 e. The molecule has 5 nitrogen and oxygen atoms in total. The number of hydrogen-bond acceptors (Lipinski definition) is 4. The lowest BCUT2D eigenvalue weighted by Crippen LogP contribution is -2.53. The molecule has 1 N–H and O–H groups in total. The van der Waals surface area contributed by atoms with E-state index in [9.17, 15) is 8.42 Å². The molecule has 1 atom stereocenters. The lowest BCUT2D eigenvalue weighted by Gasteiger charge is -2.30. The summed E-state index contributed by atoms with van der Waals surface area (Å²) in [6.45, 7) is 4.73. The van der Waals surface area contributed by atoms with Gasteiger partial charge < -0.3 is 5.32 Å². The summed E-state index contributed by atoms with van der Waals surface area (Å²) >= 11 is 0. The Bertz CT molecular complexity index is 344. The van der Waals surface area contributed by atoms with Gasteiger partial charge in [-0.25, -0.2) is 8.42 Å². The third-order valence-electron chi connectivity index (χ3n) is 2.03. The van der Waals surface area contributed by atoms with Gasteiger partial charge in [-0.05, 0) is 0 Å². The highest BCUT2D eigenvalue weighted by molar-refractivity contribution is 7.89. The molecule has 1 fully saturated rings. The van der Waals surface area contributed by atoms with E-state index in [2.05, 4.69) is 11.9 Å². The van der Waals surface area contributed by atoms with Crippen molar-refractivity contribution in [2.24, 2.45) is 0 Å². The number of nitrogens with one attached hydrogen (secondary N) is 1. The predicted octanol–water partition coefficient (Wildman–Crippen LogP) is -0.700. The monoisotopic (exact) mass is 215 g/mol. The summed E-state index contributed by atoms with van der Waals surface area (Å²) in [6, 6.07) is 1.38. The van der Waals surface area contributed by atoms with E-state index in [1.807, 2.05) is 6.07 Å². The molecule has 0 spiro atoms. The second kappa shape index (κ2) is 4.55. The molecule has 0 amide bonds. The summed E-state index contributed by atoms with van der Waals surface area (Å²) in [5, 5.41) is 11.7. The van der Waals surface area contributed by atoms with Crippen molar-refractivity contribution in [2.75, 3.05) is 25.4 Å². The van der Waals surface area contributed by atoms with Gasteiger partial charge in [-0.3, -0.25) is 0 Å². The Morgan fingerprint density at radius 3 is 3.00 bits per heavy atom. The van der Waals surface area contributed by atoms with Gasteiger partial charge in [-0.2, -0.15) is 9.57 Å². The molecule has 0 radical (unpaired) electrons. The van der Waals surface area contributed by atoms with Crippen molar-refractivity contribution >= 4 is 10.0 Å². The van der Waals surface area contributed by atoms with Crippen molar-refractivity contribution in [2.45, 2.75) is 6.04 Å². The number of rotatable bonds is 3.